The topological polar surface area (TPSA) is 29.1 Å². The minimum Gasteiger partial charge on any atom is -0.375 e. The van der Waals surface area contributed by atoms with Gasteiger partial charge in [0.2, 0.25) is 0 Å². The van der Waals surface area contributed by atoms with Crippen molar-refractivity contribution in [2.45, 2.75) is 25.0 Å². The Morgan fingerprint density at radius 3 is 3.00 bits per heavy atom. The van der Waals surface area contributed by atoms with Crippen molar-refractivity contribution < 1.29 is 9.84 Å². The first-order valence-electron chi connectivity index (χ1n) is 3.24. The van der Waals surface area contributed by atoms with Crippen LogP contribution in [0.1, 0.15) is 12.8 Å². The van der Waals surface area contributed by atoms with Crippen LogP contribution in [0.15, 0.2) is 12.7 Å². The molecule has 0 saturated carbocycles. The zero-order chi connectivity index (χ0) is 6.69. The highest BCUT2D eigenvalue weighted by molar-refractivity contribution is 4.86. The first-order valence-corrected chi connectivity index (χ1v) is 3.24. The van der Waals surface area contributed by atoms with E-state index < -0.39 is 6.10 Å². The van der Waals surface area contributed by atoms with Crippen LogP contribution in [0, 0.1) is 0 Å². The summed E-state index contributed by atoms with van der Waals surface area (Å²) in [4.78, 5) is 0. The fourth-order valence-electron chi connectivity index (χ4n) is 1.01. The summed E-state index contributed by atoms with van der Waals surface area (Å²) in [7, 11) is 0. The number of hydrogen-bond acceptors (Lipinski definition) is 1. The lowest BCUT2D eigenvalue weighted by atomic mass is 10.4. The molecule has 0 spiro atoms. The van der Waals surface area contributed by atoms with E-state index in [4.69, 9.17) is 4.74 Å². The van der Waals surface area contributed by atoms with Crippen LogP contribution in [-0.4, -0.2) is 18.8 Å². The molecule has 2 nitrogen and oxygen atoms in total. The molecule has 2 heteroatoms. The van der Waals surface area contributed by atoms with Gasteiger partial charge in [0, 0.05) is 6.61 Å². The summed E-state index contributed by atoms with van der Waals surface area (Å²) in [6.07, 6.45) is 2.53. The van der Waals surface area contributed by atoms with Crippen molar-refractivity contribution in [3.63, 3.8) is 0 Å². The SMILES string of the molecule is C=CC([O])[14CH]1CCCO1. The van der Waals surface area contributed by atoms with Gasteiger partial charge in [0.05, 0.1) is 6.10 Å². The molecule has 1 rings (SSSR count). The lowest BCUT2D eigenvalue weighted by molar-refractivity contribution is -0.0121. The summed E-state index contributed by atoms with van der Waals surface area (Å²) >= 11 is 0. The molecule has 2 unspecified atom stereocenters. The molecule has 1 fully saturated rings. The Kier molecular flexibility index (Phi) is 2.25. The molecule has 1 radical (unpaired) electrons. The Hall–Kier alpha value is -0.340. The third-order valence-electron chi connectivity index (χ3n) is 1.56. The van der Waals surface area contributed by atoms with Gasteiger partial charge in [-0.05, 0) is 12.8 Å². The van der Waals surface area contributed by atoms with Gasteiger partial charge < -0.3 is 4.74 Å². The average Bonchev–Trinajstić information content (AvgIpc) is 2.37. The van der Waals surface area contributed by atoms with Crippen LogP contribution in [0.2, 0.25) is 0 Å². The smallest absolute Gasteiger partial charge is 0.137 e. The predicted molar refractivity (Wildman–Crippen MR) is 33.6 cm³/mol. The third kappa shape index (κ3) is 1.53. The fraction of sp³-hybridized carbons (Fsp3) is 0.714. The molecule has 0 aliphatic carbocycles. The van der Waals surface area contributed by atoms with Gasteiger partial charge in [-0.15, -0.1) is 6.58 Å². The second-order valence-corrected chi connectivity index (χ2v) is 2.25. The van der Waals surface area contributed by atoms with Crippen molar-refractivity contribution in [1.82, 2.24) is 0 Å². The predicted octanol–water partition coefficient (Wildman–Crippen LogP) is 1.15. The highest BCUT2D eigenvalue weighted by atomic mass is 16.7. The van der Waals surface area contributed by atoms with Crippen LogP contribution in [0.3, 0.4) is 0 Å². The van der Waals surface area contributed by atoms with Crippen molar-refractivity contribution in [3.8, 4) is 0 Å². The largest absolute Gasteiger partial charge is 0.375 e. The molecule has 0 aromatic rings. The molecule has 1 saturated heterocycles. The first kappa shape index (κ1) is 6.78. The summed E-state index contributed by atoms with van der Waals surface area (Å²) < 4.78 is 5.12. The third-order valence-corrected chi connectivity index (χ3v) is 1.56. The highest BCUT2D eigenvalue weighted by Crippen LogP contribution is 2.15. The standard InChI is InChI=1S/C7H11O2/c1-2-6(8)7-4-3-5-9-7/h2,6-7H,1,3-5H2/i7+2. The maximum atomic E-state index is 10.9. The highest BCUT2D eigenvalue weighted by Gasteiger charge is 2.22. The first-order chi connectivity index (χ1) is 4.34. The molecule has 2 atom stereocenters. The second kappa shape index (κ2) is 2.99. The number of hydrogen-bond donors (Lipinski definition) is 0. The molecule has 0 N–H and O–H groups in total. The summed E-state index contributed by atoms with van der Waals surface area (Å²) in [6, 6.07) is 0. The summed E-state index contributed by atoms with van der Waals surface area (Å²) in [5.41, 5.74) is 0. The van der Waals surface area contributed by atoms with Gasteiger partial charge in [-0.3, -0.25) is 0 Å². The Morgan fingerprint density at radius 1 is 1.78 bits per heavy atom. The second-order valence-electron chi connectivity index (χ2n) is 2.25. The molecular formula is C7H11O2. The van der Waals surface area contributed by atoms with Crippen molar-refractivity contribution >= 4 is 0 Å². The Morgan fingerprint density at radius 2 is 2.56 bits per heavy atom. The van der Waals surface area contributed by atoms with Gasteiger partial charge in [0.1, 0.15) is 6.10 Å². The van der Waals surface area contributed by atoms with Gasteiger partial charge >= 0.3 is 0 Å². The van der Waals surface area contributed by atoms with E-state index in [1.165, 1.54) is 6.08 Å². The summed E-state index contributed by atoms with van der Waals surface area (Å²) in [5, 5.41) is 10.9. The molecule has 0 amide bonds. The van der Waals surface area contributed by atoms with E-state index in [-0.39, 0.29) is 6.10 Å². The quantitative estimate of drug-likeness (QED) is 0.514. The van der Waals surface area contributed by atoms with E-state index >= 15 is 0 Å². The van der Waals surface area contributed by atoms with E-state index in [0.717, 1.165) is 19.4 Å². The Labute approximate surface area is 55.1 Å². The molecule has 0 aromatic carbocycles. The van der Waals surface area contributed by atoms with Crippen molar-refractivity contribution in [3.05, 3.63) is 12.7 Å². The van der Waals surface area contributed by atoms with E-state index in [1.807, 2.05) is 0 Å². The van der Waals surface area contributed by atoms with Gasteiger partial charge in [-0.1, -0.05) is 6.08 Å². The molecule has 0 bridgehead atoms. The van der Waals surface area contributed by atoms with Crippen LogP contribution in [0.5, 0.6) is 0 Å². The number of rotatable bonds is 2. The van der Waals surface area contributed by atoms with E-state index in [1.54, 1.807) is 0 Å². The zero-order valence-corrected chi connectivity index (χ0v) is 5.38. The van der Waals surface area contributed by atoms with E-state index in [2.05, 4.69) is 6.58 Å². The molecule has 1 heterocycles. The normalized spacial score (nSPS) is 30.1. The average molecular weight is 129 g/mol. The van der Waals surface area contributed by atoms with Gasteiger partial charge in [-0.2, -0.15) is 0 Å². The molecule has 1 aliphatic rings. The molecule has 1 aliphatic heterocycles. The molecule has 0 aromatic heterocycles. The van der Waals surface area contributed by atoms with E-state index in [0.29, 0.717) is 0 Å². The summed E-state index contributed by atoms with van der Waals surface area (Å²) in [6.45, 7) is 4.16. The maximum absolute atomic E-state index is 10.9. The van der Waals surface area contributed by atoms with Crippen molar-refractivity contribution in [2.24, 2.45) is 0 Å². The van der Waals surface area contributed by atoms with Crippen molar-refractivity contribution in [1.29, 1.82) is 0 Å². The molecule has 9 heavy (non-hydrogen) atoms. The summed E-state index contributed by atoms with van der Waals surface area (Å²) in [5.74, 6) is 0. The van der Waals surface area contributed by atoms with Crippen LogP contribution in [0.4, 0.5) is 0 Å². The fourth-order valence-corrected chi connectivity index (χ4v) is 1.01. The van der Waals surface area contributed by atoms with E-state index in [9.17, 15) is 5.11 Å². The Bertz CT molecular complexity index is 95.1. The Balaban J connectivity index is 2.32. The van der Waals surface area contributed by atoms with Crippen LogP contribution in [0.25, 0.3) is 0 Å². The minimum absolute atomic E-state index is 0.0949. The lowest BCUT2D eigenvalue weighted by Crippen LogP contribution is -2.20. The molecular weight excluding hydrogens is 118 g/mol. The van der Waals surface area contributed by atoms with Crippen molar-refractivity contribution in [2.75, 3.05) is 6.61 Å². The van der Waals surface area contributed by atoms with Crippen LogP contribution >= 0.6 is 0 Å². The molecule has 51 valence electrons. The maximum Gasteiger partial charge on any atom is 0.137 e. The number of ether oxygens (including phenoxy) is 1. The minimum atomic E-state index is -0.715. The van der Waals surface area contributed by atoms with Gasteiger partial charge in [-0.25, -0.2) is 5.11 Å². The van der Waals surface area contributed by atoms with Gasteiger partial charge in [0.15, 0.2) is 0 Å². The van der Waals surface area contributed by atoms with Crippen LogP contribution in [-0.2, 0) is 9.84 Å². The van der Waals surface area contributed by atoms with Gasteiger partial charge in [0.25, 0.3) is 0 Å². The lowest BCUT2D eigenvalue weighted by Gasteiger charge is -2.09. The van der Waals surface area contributed by atoms with Crippen LogP contribution < -0.4 is 0 Å². The zero-order valence-electron chi connectivity index (χ0n) is 5.38. The monoisotopic (exact) mass is 129 g/mol.